The number of rotatable bonds is 0. The molecule has 2 aliphatic rings. The maximum Gasteiger partial charge on any atom is 0.0290 e. The summed E-state index contributed by atoms with van der Waals surface area (Å²) in [5, 5.41) is 0. The van der Waals surface area contributed by atoms with E-state index in [1.807, 2.05) is 0 Å². The Bertz CT molecular complexity index is 151. The third-order valence-electron chi connectivity index (χ3n) is 2.80. The molecule has 56 valence electrons. The van der Waals surface area contributed by atoms with Crippen LogP contribution in [0.3, 0.4) is 0 Å². The minimum absolute atomic E-state index is 0.876. The summed E-state index contributed by atoms with van der Waals surface area (Å²) < 4.78 is 0. The van der Waals surface area contributed by atoms with Crippen LogP contribution in [0.4, 0.5) is 0 Å². The van der Waals surface area contributed by atoms with Crippen LogP contribution in [0.25, 0.3) is 0 Å². The maximum atomic E-state index is 4.06. The number of hydrogen-bond acceptors (Lipinski definition) is 1. The van der Waals surface area contributed by atoms with Crippen molar-refractivity contribution in [3.05, 3.63) is 12.3 Å². The van der Waals surface area contributed by atoms with Crippen molar-refractivity contribution in [2.45, 2.75) is 38.1 Å². The highest BCUT2D eigenvalue weighted by molar-refractivity contribution is 5.05. The molecule has 2 fully saturated rings. The molecule has 0 amide bonds. The summed E-state index contributed by atoms with van der Waals surface area (Å²) in [7, 11) is 0. The fourth-order valence-electron chi connectivity index (χ4n) is 2.19. The van der Waals surface area contributed by atoms with Crippen LogP contribution in [0.5, 0.6) is 0 Å². The minimum atomic E-state index is 0.876. The number of nitrogens with zero attached hydrogens (tertiary/aromatic N) is 1. The van der Waals surface area contributed by atoms with Gasteiger partial charge in [-0.25, -0.2) is 0 Å². The largest absolute Gasteiger partial charge is 0.372 e. The first kappa shape index (κ1) is 6.26. The molecule has 2 aliphatic heterocycles. The highest BCUT2D eigenvalue weighted by Gasteiger charge is 2.28. The van der Waals surface area contributed by atoms with Gasteiger partial charge in [0.25, 0.3) is 0 Å². The molecule has 0 radical (unpaired) electrons. The second-order valence-corrected chi connectivity index (χ2v) is 3.45. The van der Waals surface area contributed by atoms with E-state index in [9.17, 15) is 0 Å². The van der Waals surface area contributed by atoms with Crippen molar-refractivity contribution in [2.75, 3.05) is 6.54 Å². The lowest BCUT2D eigenvalue weighted by Crippen LogP contribution is -2.32. The second-order valence-electron chi connectivity index (χ2n) is 3.45. The lowest BCUT2D eigenvalue weighted by molar-refractivity contribution is 0.229. The summed E-state index contributed by atoms with van der Waals surface area (Å²) in [4.78, 5) is 2.52. The van der Waals surface area contributed by atoms with Crippen molar-refractivity contribution in [2.24, 2.45) is 0 Å². The van der Waals surface area contributed by atoms with Crippen molar-refractivity contribution in [1.82, 2.24) is 4.90 Å². The minimum Gasteiger partial charge on any atom is -0.372 e. The van der Waals surface area contributed by atoms with Gasteiger partial charge < -0.3 is 4.90 Å². The van der Waals surface area contributed by atoms with Gasteiger partial charge in [0.15, 0.2) is 0 Å². The first-order valence-electron chi connectivity index (χ1n) is 4.32. The summed E-state index contributed by atoms with van der Waals surface area (Å²) in [6, 6.07) is 0.876. The third-order valence-corrected chi connectivity index (χ3v) is 2.80. The van der Waals surface area contributed by atoms with E-state index >= 15 is 0 Å². The zero-order valence-electron chi connectivity index (χ0n) is 6.47. The Labute approximate surface area is 62.7 Å². The molecule has 0 bridgehead atoms. The van der Waals surface area contributed by atoms with E-state index in [-0.39, 0.29) is 0 Å². The third kappa shape index (κ3) is 0.845. The first-order chi connectivity index (χ1) is 4.88. The van der Waals surface area contributed by atoms with Gasteiger partial charge in [-0.1, -0.05) is 6.58 Å². The highest BCUT2D eigenvalue weighted by atomic mass is 15.2. The number of piperidine rings is 1. The van der Waals surface area contributed by atoms with Gasteiger partial charge >= 0.3 is 0 Å². The summed E-state index contributed by atoms with van der Waals surface area (Å²) in [6.45, 7) is 5.35. The topological polar surface area (TPSA) is 3.24 Å². The average molecular weight is 137 g/mol. The molecule has 0 aromatic heterocycles. The number of hydrogen-bond donors (Lipinski definition) is 0. The van der Waals surface area contributed by atoms with Gasteiger partial charge in [-0.2, -0.15) is 0 Å². The van der Waals surface area contributed by atoms with Gasteiger partial charge in [0.1, 0.15) is 0 Å². The van der Waals surface area contributed by atoms with Crippen LogP contribution in [0.15, 0.2) is 12.3 Å². The number of fused-ring (bicyclic) bond motifs is 1. The molecule has 2 saturated heterocycles. The molecule has 1 heteroatoms. The van der Waals surface area contributed by atoms with E-state index in [2.05, 4.69) is 11.5 Å². The van der Waals surface area contributed by atoms with E-state index in [0.717, 1.165) is 6.04 Å². The number of allylic oxidation sites excluding steroid dienone is 1. The van der Waals surface area contributed by atoms with Gasteiger partial charge in [-0.15, -0.1) is 0 Å². The average Bonchev–Trinajstić information content (AvgIpc) is 2.34. The van der Waals surface area contributed by atoms with Gasteiger partial charge in [0.2, 0.25) is 0 Å². The standard InChI is InChI=1S/C9H15N/c1-8-5-6-9-4-2-3-7-10(8)9/h9H,1-7H2. The Kier molecular flexibility index (Phi) is 1.44. The molecule has 1 atom stereocenters. The van der Waals surface area contributed by atoms with Crippen LogP contribution in [0.1, 0.15) is 32.1 Å². The monoisotopic (exact) mass is 137 g/mol. The van der Waals surface area contributed by atoms with Crippen molar-refractivity contribution >= 4 is 0 Å². The molecule has 0 saturated carbocycles. The van der Waals surface area contributed by atoms with Crippen LogP contribution in [-0.4, -0.2) is 17.5 Å². The molecule has 10 heavy (non-hydrogen) atoms. The molecular formula is C9H15N. The van der Waals surface area contributed by atoms with Crippen LogP contribution < -0.4 is 0 Å². The second kappa shape index (κ2) is 2.30. The smallest absolute Gasteiger partial charge is 0.0290 e. The molecular weight excluding hydrogens is 122 g/mol. The van der Waals surface area contributed by atoms with Crippen LogP contribution >= 0.6 is 0 Å². The quantitative estimate of drug-likeness (QED) is 0.494. The first-order valence-corrected chi connectivity index (χ1v) is 4.32. The lowest BCUT2D eigenvalue weighted by Gasteiger charge is -2.31. The van der Waals surface area contributed by atoms with Gasteiger partial charge in [0.05, 0.1) is 0 Å². The SMILES string of the molecule is C=C1CCC2CCCCN12. The molecule has 1 nitrogen and oxygen atoms in total. The molecule has 2 heterocycles. The molecule has 0 aliphatic carbocycles. The van der Waals surface area contributed by atoms with Crippen LogP contribution in [0, 0.1) is 0 Å². The predicted molar refractivity (Wildman–Crippen MR) is 42.7 cm³/mol. The van der Waals surface area contributed by atoms with E-state index < -0.39 is 0 Å². The van der Waals surface area contributed by atoms with E-state index in [1.165, 1.54) is 44.3 Å². The Balaban J connectivity index is 2.08. The van der Waals surface area contributed by atoms with E-state index in [1.54, 1.807) is 0 Å². The lowest BCUT2D eigenvalue weighted by atomic mass is 10.0. The highest BCUT2D eigenvalue weighted by Crippen LogP contribution is 2.32. The van der Waals surface area contributed by atoms with E-state index in [0.29, 0.717) is 0 Å². The fraction of sp³-hybridized carbons (Fsp3) is 0.778. The van der Waals surface area contributed by atoms with Crippen molar-refractivity contribution in [3.8, 4) is 0 Å². The van der Waals surface area contributed by atoms with Gasteiger partial charge in [0, 0.05) is 18.3 Å². The Hall–Kier alpha value is -0.460. The van der Waals surface area contributed by atoms with Gasteiger partial charge in [-0.3, -0.25) is 0 Å². The molecule has 0 aromatic carbocycles. The van der Waals surface area contributed by atoms with Crippen molar-refractivity contribution in [1.29, 1.82) is 0 Å². The van der Waals surface area contributed by atoms with Crippen LogP contribution in [-0.2, 0) is 0 Å². The normalized spacial score (nSPS) is 32.6. The van der Waals surface area contributed by atoms with Crippen LogP contribution in [0.2, 0.25) is 0 Å². The zero-order chi connectivity index (χ0) is 6.97. The predicted octanol–water partition coefficient (Wildman–Crippen LogP) is 2.15. The Morgan fingerprint density at radius 2 is 2.20 bits per heavy atom. The summed E-state index contributed by atoms with van der Waals surface area (Å²) in [6.07, 6.45) is 6.87. The molecule has 0 N–H and O–H groups in total. The molecule has 1 unspecified atom stereocenters. The summed E-state index contributed by atoms with van der Waals surface area (Å²) >= 11 is 0. The fourth-order valence-corrected chi connectivity index (χ4v) is 2.19. The molecule has 0 aromatic rings. The Morgan fingerprint density at radius 3 is 3.00 bits per heavy atom. The maximum absolute atomic E-state index is 4.06. The summed E-state index contributed by atoms with van der Waals surface area (Å²) in [5.74, 6) is 0. The Morgan fingerprint density at radius 1 is 1.30 bits per heavy atom. The van der Waals surface area contributed by atoms with Gasteiger partial charge in [-0.05, 0) is 32.1 Å². The summed E-state index contributed by atoms with van der Waals surface area (Å²) in [5.41, 5.74) is 1.39. The van der Waals surface area contributed by atoms with Crippen molar-refractivity contribution in [3.63, 3.8) is 0 Å². The van der Waals surface area contributed by atoms with Crippen molar-refractivity contribution < 1.29 is 0 Å². The zero-order valence-corrected chi connectivity index (χ0v) is 6.47. The molecule has 2 rings (SSSR count). The van der Waals surface area contributed by atoms with E-state index in [4.69, 9.17) is 0 Å². The molecule has 0 spiro atoms.